The van der Waals surface area contributed by atoms with E-state index >= 15 is 0 Å². The van der Waals surface area contributed by atoms with Crippen molar-refractivity contribution in [2.24, 2.45) is 0 Å². The Morgan fingerprint density at radius 3 is 2.14 bits per heavy atom. The number of thiophene rings is 1. The second kappa shape index (κ2) is 6.83. The molecule has 1 heterocycles. The molecule has 21 heavy (non-hydrogen) atoms. The van der Waals surface area contributed by atoms with E-state index in [2.05, 4.69) is 24.4 Å². The first-order chi connectivity index (χ1) is 10.2. The van der Waals surface area contributed by atoms with E-state index in [1.165, 1.54) is 9.75 Å². The Balaban J connectivity index is 2.55. The number of aryl methyl sites for hydroxylation is 1. The summed E-state index contributed by atoms with van der Waals surface area (Å²) in [6.07, 6.45) is 0. The fourth-order valence-electron chi connectivity index (χ4n) is 2.41. The highest BCUT2D eigenvalue weighted by molar-refractivity contribution is 7.12. The van der Waals surface area contributed by atoms with Gasteiger partial charge in [-0.15, -0.1) is 11.3 Å². The van der Waals surface area contributed by atoms with Gasteiger partial charge in [0.05, 0.1) is 27.4 Å². The van der Waals surface area contributed by atoms with Crippen LogP contribution < -0.4 is 19.5 Å². The maximum Gasteiger partial charge on any atom is 0.203 e. The third-order valence-electron chi connectivity index (χ3n) is 3.38. The van der Waals surface area contributed by atoms with Crippen LogP contribution in [0.2, 0.25) is 0 Å². The molecule has 0 fully saturated rings. The molecule has 0 radical (unpaired) electrons. The van der Waals surface area contributed by atoms with Gasteiger partial charge in [0.25, 0.3) is 0 Å². The summed E-state index contributed by atoms with van der Waals surface area (Å²) in [4.78, 5) is 2.52. The van der Waals surface area contributed by atoms with Crippen molar-refractivity contribution in [2.75, 3.05) is 28.4 Å². The number of ether oxygens (including phenoxy) is 3. The first kappa shape index (κ1) is 15.7. The van der Waals surface area contributed by atoms with Crippen LogP contribution >= 0.6 is 11.3 Å². The van der Waals surface area contributed by atoms with E-state index in [1.54, 1.807) is 32.7 Å². The van der Waals surface area contributed by atoms with E-state index in [1.807, 2.05) is 19.2 Å². The molecule has 0 aliphatic heterocycles. The van der Waals surface area contributed by atoms with Gasteiger partial charge in [-0.3, -0.25) is 0 Å². The van der Waals surface area contributed by atoms with Crippen molar-refractivity contribution >= 4 is 11.3 Å². The van der Waals surface area contributed by atoms with E-state index in [0.29, 0.717) is 17.2 Å². The summed E-state index contributed by atoms with van der Waals surface area (Å²) in [5, 5.41) is 3.35. The minimum absolute atomic E-state index is 0.0541. The molecule has 5 heteroatoms. The second-order valence-corrected chi connectivity index (χ2v) is 5.91. The van der Waals surface area contributed by atoms with Crippen LogP contribution in [-0.2, 0) is 0 Å². The molecule has 0 aliphatic rings. The third kappa shape index (κ3) is 2.99. The zero-order chi connectivity index (χ0) is 15.4. The predicted molar refractivity (Wildman–Crippen MR) is 86.1 cm³/mol. The molecule has 0 spiro atoms. The number of hydrogen-bond acceptors (Lipinski definition) is 5. The topological polar surface area (TPSA) is 39.7 Å². The summed E-state index contributed by atoms with van der Waals surface area (Å²) >= 11 is 1.77. The molecule has 2 aromatic rings. The second-order valence-electron chi connectivity index (χ2n) is 4.59. The van der Waals surface area contributed by atoms with Crippen molar-refractivity contribution in [3.05, 3.63) is 39.6 Å². The number of methoxy groups -OCH3 is 3. The molecular weight excluding hydrogens is 286 g/mol. The Hall–Kier alpha value is -1.72. The van der Waals surface area contributed by atoms with Crippen LogP contribution in [0.4, 0.5) is 0 Å². The maximum absolute atomic E-state index is 5.58. The molecular formula is C16H21NO3S. The van der Waals surface area contributed by atoms with Crippen molar-refractivity contribution in [1.82, 2.24) is 5.32 Å². The van der Waals surface area contributed by atoms with Crippen LogP contribution in [0.1, 0.15) is 21.4 Å². The predicted octanol–water partition coefficient (Wildman–Crippen LogP) is 3.39. The maximum atomic E-state index is 5.58. The highest BCUT2D eigenvalue weighted by atomic mass is 32.1. The van der Waals surface area contributed by atoms with Crippen LogP contribution in [0, 0.1) is 6.92 Å². The number of rotatable bonds is 6. The van der Waals surface area contributed by atoms with Crippen molar-refractivity contribution < 1.29 is 14.2 Å². The normalized spacial score (nSPS) is 12.0. The number of hydrogen-bond donors (Lipinski definition) is 1. The fourth-order valence-corrected chi connectivity index (χ4v) is 3.42. The zero-order valence-corrected chi connectivity index (χ0v) is 13.8. The number of benzene rings is 1. The molecule has 0 saturated carbocycles. The molecule has 0 bridgehead atoms. The van der Waals surface area contributed by atoms with Crippen molar-refractivity contribution in [3.8, 4) is 17.2 Å². The highest BCUT2D eigenvalue weighted by Crippen LogP contribution is 2.44. The lowest BCUT2D eigenvalue weighted by Gasteiger charge is -2.21. The minimum atomic E-state index is 0.0541. The number of nitrogens with one attached hydrogen (secondary N) is 1. The Morgan fingerprint density at radius 1 is 0.952 bits per heavy atom. The molecule has 0 amide bonds. The van der Waals surface area contributed by atoms with Gasteiger partial charge >= 0.3 is 0 Å². The van der Waals surface area contributed by atoms with Gasteiger partial charge in [0.2, 0.25) is 5.75 Å². The average Bonchev–Trinajstić information content (AvgIpc) is 2.93. The molecule has 1 aromatic carbocycles. The molecule has 4 nitrogen and oxygen atoms in total. The Labute approximate surface area is 129 Å². The van der Waals surface area contributed by atoms with Gasteiger partial charge in [0, 0.05) is 15.3 Å². The van der Waals surface area contributed by atoms with E-state index in [4.69, 9.17) is 14.2 Å². The molecule has 0 saturated heterocycles. The van der Waals surface area contributed by atoms with Crippen LogP contribution in [0.3, 0.4) is 0 Å². The van der Waals surface area contributed by atoms with Gasteiger partial charge in [0.15, 0.2) is 11.5 Å². The molecule has 1 atom stereocenters. The first-order valence-corrected chi connectivity index (χ1v) is 7.50. The molecule has 1 N–H and O–H groups in total. The molecule has 0 aliphatic carbocycles. The van der Waals surface area contributed by atoms with Crippen LogP contribution in [0.15, 0.2) is 24.3 Å². The lowest BCUT2D eigenvalue weighted by atomic mass is 10.0. The quantitative estimate of drug-likeness (QED) is 0.888. The zero-order valence-electron chi connectivity index (χ0n) is 13.0. The summed E-state index contributed by atoms with van der Waals surface area (Å²) in [5.41, 5.74) is 1.03. The monoisotopic (exact) mass is 307 g/mol. The Bertz CT molecular complexity index is 610. The van der Waals surface area contributed by atoms with Crippen LogP contribution in [-0.4, -0.2) is 28.4 Å². The summed E-state index contributed by atoms with van der Waals surface area (Å²) in [6.45, 7) is 2.10. The minimum Gasteiger partial charge on any atom is -0.493 e. The summed E-state index contributed by atoms with van der Waals surface area (Å²) in [7, 11) is 6.83. The van der Waals surface area contributed by atoms with Crippen LogP contribution in [0.25, 0.3) is 0 Å². The summed E-state index contributed by atoms with van der Waals surface area (Å²) in [6, 6.07) is 8.23. The Morgan fingerprint density at radius 2 is 1.67 bits per heavy atom. The van der Waals surface area contributed by atoms with Crippen molar-refractivity contribution in [3.63, 3.8) is 0 Å². The largest absolute Gasteiger partial charge is 0.493 e. The SMILES string of the molecule is CNC(c1ccc(C)s1)c1ccc(OC)c(OC)c1OC. The standard InChI is InChI=1S/C16H21NO3S/c1-10-6-9-13(21-10)14(17-2)11-7-8-12(18-3)16(20-5)15(11)19-4/h6-9,14,17H,1-5H3. The van der Waals surface area contributed by atoms with Gasteiger partial charge in [-0.05, 0) is 38.2 Å². The molecule has 1 unspecified atom stereocenters. The van der Waals surface area contributed by atoms with Gasteiger partial charge < -0.3 is 19.5 Å². The summed E-state index contributed by atoms with van der Waals surface area (Å²) in [5.74, 6) is 1.98. The van der Waals surface area contributed by atoms with E-state index in [-0.39, 0.29) is 6.04 Å². The van der Waals surface area contributed by atoms with Gasteiger partial charge in [-0.2, -0.15) is 0 Å². The smallest absolute Gasteiger partial charge is 0.203 e. The average molecular weight is 307 g/mol. The lowest BCUT2D eigenvalue weighted by Crippen LogP contribution is -2.17. The molecule has 2 rings (SSSR count). The van der Waals surface area contributed by atoms with Crippen molar-refractivity contribution in [1.29, 1.82) is 0 Å². The third-order valence-corrected chi connectivity index (χ3v) is 4.45. The molecule has 114 valence electrons. The van der Waals surface area contributed by atoms with Crippen LogP contribution in [0.5, 0.6) is 17.2 Å². The van der Waals surface area contributed by atoms with Gasteiger partial charge in [-0.1, -0.05) is 0 Å². The van der Waals surface area contributed by atoms with Gasteiger partial charge in [0.1, 0.15) is 0 Å². The first-order valence-electron chi connectivity index (χ1n) is 6.68. The lowest BCUT2D eigenvalue weighted by molar-refractivity contribution is 0.321. The highest BCUT2D eigenvalue weighted by Gasteiger charge is 2.23. The fraction of sp³-hybridized carbons (Fsp3) is 0.375. The van der Waals surface area contributed by atoms with E-state index in [9.17, 15) is 0 Å². The Kier molecular flexibility index (Phi) is 5.09. The molecule has 1 aromatic heterocycles. The van der Waals surface area contributed by atoms with E-state index in [0.717, 1.165) is 5.56 Å². The van der Waals surface area contributed by atoms with Gasteiger partial charge in [-0.25, -0.2) is 0 Å². The van der Waals surface area contributed by atoms with Crippen molar-refractivity contribution in [2.45, 2.75) is 13.0 Å². The van der Waals surface area contributed by atoms with E-state index < -0.39 is 0 Å². The summed E-state index contributed by atoms with van der Waals surface area (Å²) < 4.78 is 16.4.